The summed E-state index contributed by atoms with van der Waals surface area (Å²) >= 11 is 0. The monoisotopic (exact) mass is 330 g/mol. The molecule has 0 heterocycles. The quantitative estimate of drug-likeness (QED) is 0.546. The lowest BCUT2D eigenvalue weighted by Gasteiger charge is -2.30. The first-order chi connectivity index (χ1) is 11.3. The molecule has 0 spiro atoms. The molecule has 4 heteroatoms. The minimum absolute atomic E-state index is 0.475. The van der Waals surface area contributed by atoms with Gasteiger partial charge in [0, 0.05) is 10.9 Å². The molecule has 1 nitrogen and oxygen atoms in total. The molecule has 0 radical (unpaired) electrons. The Morgan fingerprint density at radius 1 is 0.833 bits per heavy atom. The molecule has 124 valence electrons. The Balaban J connectivity index is 1.99. The molecular weight excluding hydrogens is 311 g/mol. The first-order valence-corrected chi connectivity index (χ1v) is 7.75. The zero-order valence-electron chi connectivity index (χ0n) is 13.6. The van der Waals surface area contributed by atoms with Gasteiger partial charge in [0.15, 0.2) is 0 Å². The number of hydrogen-bond acceptors (Lipinski definition) is 0. The Morgan fingerprint density at radius 3 is 2.25 bits per heavy atom. The summed E-state index contributed by atoms with van der Waals surface area (Å²) in [6, 6.07) is 19.7. The molecule has 0 fully saturated rings. The fourth-order valence-corrected chi connectivity index (χ4v) is 3.12. The fourth-order valence-electron chi connectivity index (χ4n) is 3.12. The predicted molar refractivity (Wildman–Crippen MR) is 92.7 cm³/mol. The van der Waals surface area contributed by atoms with Gasteiger partial charge in [-0.1, -0.05) is 42.5 Å². The van der Waals surface area contributed by atoms with Gasteiger partial charge in [-0.3, -0.25) is 4.48 Å². The lowest BCUT2D eigenvalue weighted by atomic mass is 10.1. The topological polar surface area (TPSA) is 0 Å². The van der Waals surface area contributed by atoms with Gasteiger partial charge >= 0.3 is 6.18 Å². The number of hydrogen-bond donors (Lipinski definition) is 0. The van der Waals surface area contributed by atoms with E-state index in [1.807, 2.05) is 50.5 Å². The number of fused-ring (bicyclic) bond motifs is 1. The van der Waals surface area contributed by atoms with E-state index in [2.05, 4.69) is 6.07 Å². The van der Waals surface area contributed by atoms with Gasteiger partial charge in [-0.2, -0.15) is 13.2 Å². The highest BCUT2D eigenvalue weighted by Gasteiger charge is 2.31. The third-order valence-corrected chi connectivity index (χ3v) is 4.25. The van der Waals surface area contributed by atoms with E-state index in [4.69, 9.17) is 0 Å². The average Bonchev–Trinajstić information content (AvgIpc) is 2.53. The molecule has 0 unspecified atom stereocenters. The molecule has 0 aliphatic carbocycles. The minimum atomic E-state index is -4.31. The number of rotatable bonds is 3. The van der Waals surface area contributed by atoms with Gasteiger partial charge in [0.25, 0.3) is 0 Å². The van der Waals surface area contributed by atoms with Crippen molar-refractivity contribution in [2.24, 2.45) is 0 Å². The van der Waals surface area contributed by atoms with Crippen LogP contribution in [-0.4, -0.2) is 14.1 Å². The Hall–Kier alpha value is -2.33. The van der Waals surface area contributed by atoms with Gasteiger partial charge in [-0.05, 0) is 29.7 Å². The van der Waals surface area contributed by atoms with Crippen molar-refractivity contribution in [3.05, 3.63) is 77.9 Å². The van der Waals surface area contributed by atoms with Crippen LogP contribution in [0.5, 0.6) is 0 Å². The highest BCUT2D eigenvalue weighted by Crippen LogP contribution is 2.33. The molecule has 3 rings (SSSR count). The largest absolute Gasteiger partial charge is 0.416 e. The molecule has 24 heavy (non-hydrogen) atoms. The van der Waals surface area contributed by atoms with Crippen LogP contribution in [0.1, 0.15) is 11.1 Å². The van der Waals surface area contributed by atoms with Crippen LogP contribution in [-0.2, 0) is 12.7 Å². The van der Waals surface area contributed by atoms with E-state index in [9.17, 15) is 13.2 Å². The van der Waals surface area contributed by atoms with E-state index < -0.39 is 11.7 Å². The number of quaternary nitrogens is 1. The van der Waals surface area contributed by atoms with Crippen LogP contribution < -0.4 is 4.48 Å². The van der Waals surface area contributed by atoms with Crippen molar-refractivity contribution >= 4 is 16.5 Å². The zero-order chi connectivity index (χ0) is 17.4. The third kappa shape index (κ3) is 3.29. The standard InChI is InChI=1S/C20H19F3N/c1-24(2,14-15-7-5-10-17(13-15)20(21,22)23)19-12-6-9-16-8-3-4-11-18(16)19/h3-13H,14H2,1-2H3/q+1. The molecule has 0 aromatic heterocycles. The van der Waals surface area contributed by atoms with E-state index in [-0.39, 0.29) is 0 Å². The number of alkyl halides is 3. The van der Waals surface area contributed by atoms with Gasteiger partial charge in [-0.25, -0.2) is 0 Å². The highest BCUT2D eigenvalue weighted by atomic mass is 19.4. The van der Waals surface area contributed by atoms with Crippen LogP contribution in [0.2, 0.25) is 0 Å². The Bertz CT molecular complexity index is 861. The molecule has 0 saturated heterocycles. The van der Waals surface area contributed by atoms with Crippen molar-refractivity contribution in [1.29, 1.82) is 0 Å². The van der Waals surface area contributed by atoms with Crippen LogP contribution in [0.25, 0.3) is 10.8 Å². The molecule has 0 atom stereocenters. The van der Waals surface area contributed by atoms with Crippen molar-refractivity contribution < 1.29 is 13.2 Å². The second-order valence-corrected chi connectivity index (χ2v) is 6.54. The van der Waals surface area contributed by atoms with E-state index >= 15 is 0 Å². The summed E-state index contributed by atoms with van der Waals surface area (Å²) in [7, 11) is 4.03. The molecule has 0 aliphatic heterocycles. The Kier molecular flexibility index (Phi) is 4.10. The molecule has 3 aromatic carbocycles. The molecule has 0 amide bonds. The van der Waals surface area contributed by atoms with Gasteiger partial charge < -0.3 is 0 Å². The summed E-state index contributed by atoms with van der Waals surface area (Å²) in [5.41, 5.74) is 1.16. The third-order valence-electron chi connectivity index (χ3n) is 4.25. The minimum Gasteiger partial charge on any atom is -0.292 e. The van der Waals surface area contributed by atoms with Crippen molar-refractivity contribution in [2.75, 3.05) is 14.1 Å². The number of nitrogens with zero attached hydrogens (tertiary/aromatic N) is 1. The Morgan fingerprint density at radius 2 is 1.50 bits per heavy atom. The normalized spacial score (nSPS) is 12.5. The second kappa shape index (κ2) is 5.95. The lowest BCUT2D eigenvalue weighted by molar-refractivity contribution is -0.137. The molecular formula is C20H19F3N+. The molecule has 3 aromatic rings. The van der Waals surface area contributed by atoms with Crippen molar-refractivity contribution in [2.45, 2.75) is 12.7 Å². The first kappa shape index (κ1) is 16.5. The maximum atomic E-state index is 12.9. The van der Waals surface area contributed by atoms with E-state index in [1.54, 1.807) is 6.07 Å². The zero-order valence-corrected chi connectivity index (χ0v) is 13.6. The number of benzene rings is 3. The van der Waals surface area contributed by atoms with Crippen LogP contribution >= 0.6 is 0 Å². The van der Waals surface area contributed by atoms with Crippen LogP contribution in [0, 0.1) is 0 Å². The summed E-state index contributed by atoms with van der Waals surface area (Å²) in [6.07, 6.45) is -4.31. The van der Waals surface area contributed by atoms with Crippen LogP contribution in [0.3, 0.4) is 0 Å². The predicted octanol–water partition coefficient (Wildman–Crippen LogP) is 5.63. The maximum absolute atomic E-state index is 12.9. The van der Waals surface area contributed by atoms with Crippen LogP contribution in [0.4, 0.5) is 18.9 Å². The molecule has 0 saturated carbocycles. The maximum Gasteiger partial charge on any atom is 0.416 e. The van der Waals surface area contributed by atoms with Crippen molar-refractivity contribution in [3.8, 4) is 0 Å². The highest BCUT2D eigenvalue weighted by molar-refractivity contribution is 5.93. The smallest absolute Gasteiger partial charge is 0.292 e. The molecule has 0 N–H and O–H groups in total. The summed E-state index contributed by atoms with van der Waals surface area (Å²) in [6.45, 7) is 0.484. The SMILES string of the molecule is C[N+](C)(Cc1cccc(C(F)(F)F)c1)c1cccc2ccccc12. The van der Waals surface area contributed by atoms with E-state index in [1.165, 1.54) is 12.1 Å². The first-order valence-electron chi connectivity index (χ1n) is 7.75. The van der Waals surface area contributed by atoms with Crippen molar-refractivity contribution in [1.82, 2.24) is 4.48 Å². The summed E-state index contributed by atoms with van der Waals surface area (Å²) < 4.78 is 39.3. The summed E-state index contributed by atoms with van der Waals surface area (Å²) in [5.74, 6) is 0. The van der Waals surface area contributed by atoms with Gasteiger partial charge in [-0.15, -0.1) is 0 Å². The summed E-state index contributed by atoms with van der Waals surface area (Å²) in [5, 5.41) is 2.25. The lowest BCUT2D eigenvalue weighted by Crippen LogP contribution is -2.39. The summed E-state index contributed by atoms with van der Waals surface area (Å²) in [4.78, 5) is 0. The van der Waals surface area contributed by atoms with Crippen molar-refractivity contribution in [3.63, 3.8) is 0 Å². The molecule has 0 aliphatic rings. The van der Waals surface area contributed by atoms with E-state index in [0.29, 0.717) is 16.6 Å². The van der Waals surface area contributed by atoms with Gasteiger partial charge in [0.1, 0.15) is 12.2 Å². The van der Waals surface area contributed by atoms with Gasteiger partial charge in [0.2, 0.25) is 0 Å². The number of halogens is 3. The fraction of sp³-hybridized carbons (Fsp3) is 0.200. The second-order valence-electron chi connectivity index (χ2n) is 6.54. The van der Waals surface area contributed by atoms with Gasteiger partial charge in [0.05, 0.1) is 19.7 Å². The molecule has 0 bridgehead atoms. The average molecular weight is 330 g/mol. The van der Waals surface area contributed by atoms with Crippen LogP contribution in [0.15, 0.2) is 66.7 Å². The Labute approximate surface area is 139 Å². The van der Waals surface area contributed by atoms with E-state index in [0.717, 1.165) is 22.5 Å².